The van der Waals surface area contributed by atoms with Crippen molar-refractivity contribution in [2.75, 3.05) is 13.2 Å². The third-order valence-corrected chi connectivity index (χ3v) is 1.71. The zero-order chi connectivity index (χ0) is 9.52. The molecule has 0 bridgehead atoms. The molecule has 0 aliphatic rings. The van der Waals surface area contributed by atoms with E-state index in [1.165, 1.54) is 0 Å². The minimum absolute atomic E-state index is 0.633. The van der Waals surface area contributed by atoms with Crippen LogP contribution in [0.2, 0.25) is 0 Å². The van der Waals surface area contributed by atoms with Gasteiger partial charge in [-0.05, 0) is 25.5 Å². The topological polar surface area (TPSA) is 48.1 Å². The highest BCUT2D eigenvalue weighted by atomic mass is 16.5. The van der Waals surface area contributed by atoms with Crippen LogP contribution < -0.4 is 10.5 Å². The van der Waals surface area contributed by atoms with Crippen LogP contribution in [0.15, 0.2) is 18.3 Å². The summed E-state index contributed by atoms with van der Waals surface area (Å²) in [6, 6.07) is 3.91. The molecule has 13 heavy (non-hydrogen) atoms. The maximum absolute atomic E-state index is 5.47. The lowest BCUT2D eigenvalue weighted by atomic mass is 10.2. The van der Waals surface area contributed by atoms with Gasteiger partial charge >= 0.3 is 0 Å². The van der Waals surface area contributed by atoms with Gasteiger partial charge in [0.15, 0.2) is 0 Å². The molecule has 0 fully saturated rings. The molecular weight excluding hydrogens is 164 g/mol. The second kappa shape index (κ2) is 5.54. The van der Waals surface area contributed by atoms with Gasteiger partial charge in [0.05, 0.1) is 6.61 Å². The minimum Gasteiger partial charge on any atom is -0.477 e. The van der Waals surface area contributed by atoms with Crippen molar-refractivity contribution in [2.24, 2.45) is 5.73 Å². The average Bonchev–Trinajstić information content (AvgIpc) is 2.17. The van der Waals surface area contributed by atoms with Gasteiger partial charge in [-0.3, -0.25) is 0 Å². The van der Waals surface area contributed by atoms with Crippen molar-refractivity contribution in [2.45, 2.75) is 19.8 Å². The molecule has 0 unspecified atom stereocenters. The van der Waals surface area contributed by atoms with E-state index in [-0.39, 0.29) is 0 Å². The SMILES string of the molecule is CCCOc1ncccc1CCN. The number of hydrogen-bond donors (Lipinski definition) is 1. The van der Waals surface area contributed by atoms with Crippen molar-refractivity contribution in [3.8, 4) is 5.88 Å². The fourth-order valence-corrected chi connectivity index (χ4v) is 1.10. The van der Waals surface area contributed by atoms with Gasteiger partial charge in [-0.25, -0.2) is 4.98 Å². The van der Waals surface area contributed by atoms with Crippen LogP contribution in [-0.4, -0.2) is 18.1 Å². The standard InChI is InChI=1S/C10H16N2O/c1-2-8-13-10-9(5-6-11)4-3-7-12-10/h3-4,7H,2,5-6,8,11H2,1H3. The minimum atomic E-state index is 0.633. The molecule has 1 aromatic heterocycles. The third kappa shape index (κ3) is 3.03. The van der Waals surface area contributed by atoms with E-state index in [1.54, 1.807) is 6.20 Å². The van der Waals surface area contributed by atoms with E-state index in [9.17, 15) is 0 Å². The lowest BCUT2D eigenvalue weighted by Crippen LogP contribution is -2.06. The molecule has 0 aromatic carbocycles. The summed E-state index contributed by atoms with van der Waals surface area (Å²) in [6.07, 6.45) is 3.57. The van der Waals surface area contributed by atoms with Crippen molar-refractivity contribution in [1.29, 1.82) is 0 Å². The maximum Gasteiger partial charge on any atom is 0.216 e. The van der Waals surface area contributed by atoms with Crippen LogP contribution in [0.1, 0.15) is 18.9 Å². The normalized spacial score (nSPS) is 10.0. The Morgan fingerprint density at radius 1 is 1.54 bits per heavy atom. The summed E-state index contributed by atoms with van der Waals surface area (Å²) in [5, 5.41) is 0. The monoisotopic (exact) mass is 180 g/mol. The highest BCUT2D eigenvalue weighted by Crippen LogP contribution is 2.14. The van der Waals surface area contributed by atoms with Crippen LogP contribution in [0.4, 0.5) is 0 Å². The molecule has 3 heteroatoms. The second-order valence-electron chi connectivity index (χ2n) is 2.85. The fourth-order valence-electron chi connectivity index (χ4n) is 1.10. The number of pyridine rings is 1. The molecule has 0 amide bonds. The molecule has 1 rings (SSSR count). The van der Waals surface area contributed by atoms with Gasteiger partial charge in [0, 0.05) is 11.8 Å². The quantitative estimate of drug-likeness (QED) is 0.744. The Balaban J connectivity index is 2.66. The third-order valence-electron chi connectivity index (χ3n) is 1.71. The van der Waals surface area contributed by atoms with Crippen molar-refractivity contribution in [3.05, 3.63) is 23.9 Å². The number of hydrogen-bond acceptors (Lipinski definition) is 3. The lowest BCUT2D eigenvalue weighted by Gasteiger charge is -2.07. The number of nitrogens with zero attached hydrogens (tertiary/aromatic N) is 1. The van der Waals surface area contributed by atoms with Crippen LogP contribution in [0, 0.1) is 0 Å². The number of ether oxygens (including phenoxy) is 1. The van der Waals surface area contributed by atoms with Crippen molar-refractivity contribution < 1.29 is 4.74 Å². The zero-order valence-electron chi connectivity index (χ0n) is 7.99. The molecule has 0 saturated heterocycles. The van der Waals surface area contributed by atoms with E-state index in [1.807, 2.05) is 12.1 Å². The first-order valence-electron chi connectivity index (χ1n) is 4.65. The number of rotatable bonds is 5. The number of nitrogens with two attached hydrogens (primary N) is 1. The van der Waals surface area contributed by atoms with E-state index in [0.29, 0.717) is 13.2 Å². The zero-order valence-corrected chi connectivity index (χ0v) is 7.99. The summed E-state index contributed by atoms with van der Waals surface area (Å²) >= 11 is 0. The highest BCUT2D eigenvalue weighted by molar-refractivity contribution is 5.25. The predicted octanol–water partition coefficient (Wildman–Crippen LogP) is 1.37. The summed E-state index contributed by atoms with van der Waals surface area (Å²) in [5.41, 5.74) is 6.57. The predicted molar refractivity (Wildman–Crippen MR) is 52.8 cm³/mol. The van der Waals surface area contributed by atoms with Crippen LogP contribution in [0.5, 0.6) is 5.88 Å². The highest BCUT2D eigenvalue weighted by Gasteiger charge is 2.02. The molecule has 1 heterocycles. The lowest BCUT2D eigenvalue weighted by molar-refractivity contribution is 0.302. The van der Waals surface area contributed by atoms with E-state index in [0.717, 1.165) is 24.3 Å². The van der Waals surface area contributed by atoms with Crippen molar-refractivity contribution in [3.63, 3.8) is 0 Å². The van der Waals surface area contributed by atoms with Crippen LogP contribution >= 0.6 is 0 Å². The first-order chi connectivity index (χ1) is 6.38. The summed E-state index contributed by atoms with van der Waals surface area (Å²) < 4.78 is 5.47. The van der Waals surface area contributed by atoms with Crippen LogP contribution in [0.25, 0.3) is 0 Å². The average molecular weight is 180 g/mol. The van der Waals surface area contributed by atoms with Gasteiger partial charge in [0.25, 0.3) is 0 Å². The fraction of sp³-hybridized carbons (Fsp3) is 0.500. The van der Waals surface area contributed by atoms with Crippen molar-refractivity contribution >= 4 is 0 Å². The van der Waals surface area contributed by atoms with E-state index >= 15 is 0 Å². The molecule has 0 aliphatic heterocycles. The Kier molecular flexibility index (Phi) is 4.26. The summed E-state index contributed by atoms with van der Waals surface area (Å²) in [4.78, 5) is 4.16. The second-order valence-corrected chi connectivity index (χ2v) is 2.85. The van der Waals surface area contributed by atoms with Gasteiger partial charge < -0.3 is 10.5 Å². The smallest absolute Gasteiger partial charge is 0.216 e. The molecule has 0 radical (unpaired) electrons. The van der Waals surface area contributed by atoms with E-state index in [2.05, 4.69) is 11.9 Å². The summed E-state index contributed by atoms with van der Waals surface area (Å²) in [5.74, 6) is 0.731. The summed E-state index contributed by atoms with van der Waals surface area (Å²) in [6.45, 7) is 3.42. The van der Waals surface area contributed by atoms with Crippen LogP contribution in [0.3, 0.4) is 0 Å². The van der Waals surface area contributed by atoms with Crippen molar-refractivity contribution in [1.82, 2.24) is 4.98 Å². The largest absolute Gasteiger partial charge is 0.477 e. The Morgan fingerprint density at radius 3 is 3.08 bits per heavy atom. The van der Waals surface area contributed by atoms with Gasteiger partial charge in [0.2, 0.25) is 5.88 Å². The molecule has 3 nitrogen and oxygen atoms in total. The Labute approximate surface area is 78.9 Å². The Morgan fingerprint density at radius 2 is 2.38 bits per heavy atom. The first kappa shape index (κ1) is 9.99. The maximum atomic E-state index is 5.47. The molecule has 0 saturated carbocycles. The molecule has 0 atom stereocenters. The molecule has 1 aromatic rings. The molecular formula is C10H16N2O. The molecule has 2 N–H and O–H groups in total. The summed E-state index contributed by atoms with van der Waals surface area (Å²) in [7, 11) is 0. The van der Waals surface area contributed by atoms with E-state index < -0.39 is 0 Å². The molecule has 0 aliphatic carbocycles. The Bertz CT molecular complexity index is 250. The van der Waals surface area contributed by atoms with Gasteiger partial charge in [-0.15, -0.1) is 0 Å². The van der Waals surface area contributed by atoms with Gasteiger partial charge in [-0.2, -0.15) is 0 Å². The first-order valence-corrected chi connectivity index (χ1v) is 4.65. The Hall–Kier alpha value is -1.09. The van der Waals surface area contributed by atoms with Gasteiger partial charge in [-0.1, -0.05) is 13.0 Å². The molecule has 0 spiro atoms. The number of aromatic nitrogens is 1. The van der Waals surface area contributed by atoms with E-state index in [4.69, 9.17) is 10.5 Å². The molecule has 72 valence electrons. The van der Waals surface area contributed by atoms with Crippen LogP contribution in [-0.2, 0) is 6.42 Å². The van der Waals surface area contributed by atoms with Gasteiger partial charge in [0.1, 0.15) is 0 Å².